The number of hydrogen-bond donors (Lipinski definition) is 1. The highest BCUT2D eigenvalue weighted by atomic mass is 32.1. The Morgan fingerprint density at radius 2 is 2.07 bits per heavy atom. The molecule has 4 atom stereocenters. The lowest BCUT2D eigenvalue weighted by Gasteiger charge is -2.29. The standard InChI is InChI=1S/C13H26S/c1-10-8-11(2)13(4,9-10)7-5-6-12(3)14/h10-12,14H,5-9H2,1-4H3. The average molecular weight is 214 g/mol. The number of rotatable bonds is 4. The maximum atomic E-state index is 4.44. The van der Waals surface area contributed by atoms with Gasteiger partial charge in [-0.1, -0.05) is 34.1 Å². The van der Waals surface area contributed by atoms with Crippen molar-refractivity contribution in [2.75, 3.05) is 0 Å². The van der Waals surface area contributed by atoms with Gasteiger partial charge in [0.1, 0.15) is 0 Å². The molecule has 1 aliphatic rings. The highest BCUT2D eigenvalue weighted by Gasteiger charge is 2.38. The van der Waals surface area contributed by atoms with Crippen molar-refractivity contribution in [1.29, 1.82) is 0 Å². The molecule has 1 rings (SSSR count). The van der Waals surface area contributed by atoms with Crippen LogP contribution in [0.3, 0.4) is 0 Å². The molecular weight excluding hydrogens is 188 g/mol. The van der Waals surface area contributed by atoms with Crippen LogP contribution in [0.4, 0.5) is 0 Å². The first-order valence-corrected chi connectivity index (χ1v) is 6.64. The predicted molar refractivity (Wildman–Crippen MR) is 68.0 cm³/mol. The van der Waals surface area contributed by atoms with Gasteiger partial charge in [-0.3, -0.25) is 0 Å². The molecule has 4 unspecified atom stereocenters. The van der Waals surface area contributed by atoms with Gasteiger partial charge in [0, 0.05) is 0 Å². The Hall–Kier alpha value is 0.350. The van der Waals surface area contributed by atoms with E-state index in [2.05, 4.69) is 40.3 Å². The van der Waals surface area contributed by atoms with E-state index in [1.165, 1.54) is 32.1 Å². The third kappa shape index (κ3) is 3.18. The first kappa shape index (κ1) is 12.4. The second-order valence-electron chi connectivity index (χ2n) is 5.84. The van der Waals surface area contributed by atoms with E-state index in [0.717, 1.165) is 11.8 Å². The molecule has 14 heavy (non-hydrogen) atoms. The van der Waals surface area contributed by atoms with Gasteiger partial charge >= 0.3 is 0 Å². The molecule has 0 aromatic heterocycles. The molecule has 0 aromatic rings. The molecule has 0 bridgehead atoms. The van der Waals surface area contributed by atoms with Gasteiger partial charge < -0.3 is 0 Å². The third-order valence-electron chi connectivity index (χ3n) is 4.13. The highest BCUT2D eigenvalue weighted by molar-refractivity contribution is 7.80. The molecule has 1 fully saturated rings. The van der Waals surface area contributed by atoms with Crippen molar-refractivity contribution in [2.45, 2.75) is 65.0 Å². The summed E-state index contributed by atoms with van der Waals surface area (Å²) in [5.41, 5.74) is 0.627. The van der Waals surface area contributed by atoms with Gasteiger partial charge in [0.05, 0.1) is 0 Å². The highest BCUT2D eigenvalue weighted by Crippen LogP contribution is 2.49. The first-order valence-electron chi connectivity index (χ1n) is 6.12. The summed E-state index contributed by atoms with van der Waals surface area (Å²) >= 11 is 4.44. The van der Waals surface area contributed by atoms with E-state index < -0.39 is 0 Å². The minimum absolute atomic E-state index is 0.577. The Kier molecular flexibility index (Phi) is 4.36. The van der Waals surface area contributed by atoms with Gasteiger partial charge in [0.2, 0.25) is 0 Å². The third-order valence-corrected chi connectivity index (χ3v) is 4.39. The topological polar surface area (TPSA) is 0 Å². The van der Waals surface area contributed by atoms with E-state index in [9.17, 15) is 0 Å². The van der Waals surface area contributed by atoms with E-state index >= 15 is 0 Å². The van der Waals surface area contributed by atoms with Crippen LogP contribution in [0.1, 0.15) is 59.8 Å². The first-order chi connectivity index (χ1) is 6.44. The van der Waals surface area contributed by atoms with Gasteiger partial charge in [-0.05, 0) is 48.2 Å². The molecule has 0 saturated heterocycles. The Bertz CT molecular complexity index is 176. The molecule has 84 valence electrons. The molecular formula is C13H26S. The molecule has 0 nitrogen and oxygen atoms in total. The smallest absolute Gasteiger partial charge is 0.00116 e. The van der Waals surface area contributed by atoms with E-state index in [4.69, 9.17) is 0 Å². The molecule has 1 saturated carbocycles. The number of thiol groups is 1. The van der Waals surface area contributed by atoms with Crippen molar-refractivity contribution in [3.05, 3.63) is 0 Å². The van der Waals surface area contributed by atoms with Crippen LogP contribution in [-0.2, 0) is 0 Å². The van der Waals surface area contributed by atoms with Gasteiger partial charge in [0.15, 0.2) is 0 Å². The van der Waals surface area contributed by atoms with E-state index in [1.807, 2.05) is 0 Å². The molecule has 0 aliphatic heterocycles. The lowest BCUT2D eigenvalue weighted by atomic mass is 9.76. The molecule has 0 aromatic carbocycles. The lowest BCUT2D eigenvalue weighted by molar-refractivity contribution is 0.216. The maximum Gasteiger partial charge on any atom is -0.00116 e. The number of hydrogen-bond acceptors (Lipinski definition) is 1. The van der Waals surface area contributed by atoms with Gasteiger partial charge in [-0.2, -0.15) is 12.6 Å². The summed E-state index contributed by atoms with van der Waals surface area (Å²) in [7, 11) is 0. The molecule has 1 heteroatoms. The van der Waals surface area contributed by atoms with Crippen molar-refractivity contribution < 1.29 is 0 Å². The SMILES string of the molecule is CC(S)CCCC1(C)CC(C)CC1C. The molecule has 0 amide bonds. The fraction of sp³-hybridized carbons (Fsp3) is 1.00. The van der Waals surface area contributed by atoms with Gasteiger partial charge in [-0.15, -0.1) is 0 Å². The minimum atomic E-state index is 0.577. The normalized spacial score (nSPS) is 40.1. The molecule has 0 radical (unpaired) electrons. The summed E-state index contributed by atoms with van der Waals surface area (Å²) in [4.78, 5) is 0. The zero-order valence-corrected chi connectivity index (χ0v) is 11.1. The minimum Gasteiger partial charge on any atom is -0.176 e. The van der Waals surface area contributed by atoms with E-state index in [1.54, 1.807) is 0 Å². The quantitative estimate of drug-likeness (QED) is 0.652. The molecule has 0 heterocycles. The van der Waals surface area contributed by atoms with E-state index in [0.29, 0.717) is 10.7 Å². The van der Waals surface area contributed by atoms with Crippen LogP contribution in [-0.4, -0.2) is 5.25 Å². The van der Waals surface area contributed by atoms with E-state index in [-0.39, 0.29) is 0 Å². The zero-order chi connectivity index (χ0) is 10.8. The van der Waals surface area contributed by atoms with Crippen LogP contribution in [0.25, 0.3) is 0 Å². The summed E-state index contributed by atoms with van der Waals surface area (Å²) < 4.78 is 0. The van der Waals surface area contributed by atoms with Crippen LogP contribution in [0.2, 0.25) is 0 Å². The zero-order valence-electron chi connectivity index (χ0n) is 10.2. The van der Waals surface area contributed by atoms with Crippen molar-refractivity contribution in [1.82, 2.24) is 0 Å². The summed E-state index contributed by atoms with van der Waals surface area (Å²) in [5, 5.41) is 0.577. The van der Waals surface area contributed by atoms with Crippen LogP contribution in [0.5, 0.6) is 0 Å². The summed E-state index contributed by atoms with van der Waals surface area (Å²) in [6.45, 7) is 9.53. The Morgan fingerprint density at radius 3 is 2.50 bits per heavy atom. The fourth-order valence-electron chi connectivity index (χ4n) is 3.12. The summed E-state index contributed by atoms with van der Waals surface area (Å²) in [6, 6.07) is 0. The van der Waals surface area contributed by atoms with Gasteiger partial charge in [0.25, 0.3) is 0 Å². The van der Waals surface area contributed by atoms with Crippen molar-refractivity contribution >= 4 is 12.6 Å². The lowest BCUT2D eigenvalue weighted by Crippen LogP contribution is -2.19. The van der Waals surface area contributed by atoms with Crippen molar-refractivity contribution in [3.8, 4) is 0 Å². The van der Waals surface area contributed by atoms with Crippen LogP contribution >= 0.6 is 12.6 Å². The second-order valence-corrected chi connectivity index (χ2v) is 6.72. The molecule has 0 N–H and O–H groups in total. The molecule has 0 spiro atoms. The van der Waals surface area contributed by atoms with Crippen LogP contribution < -0.4 is 0 Å². The van der Waals surface area contributed by atoms with Crippen LogP contribution in [0.15, 0.2) is 0 Å². The molecule has 1 aliphatic carbocycles. The van der Waals surface area contributed by atoms with Crippen molar-refractivity contribution in [3.63, 3.8) is 0 Å². The Balaban J connectivity index is 2.34. The monoisotopic (exact) mass is 214 g/mol. The van der Waals surface area contributed by atoms with Gasteiger partial charge in [-0.25, -0.2) is 0 Å². The Morgan fingerprint density at radius 1 is 1.43 bits per heavy atom. The largest absolute Gasteiger partial charge is 0.176 e. The van der Waals surface area contributed by atoms with Crippen LogP contribution in [0, 0.1) is 17.3 Å². The maximum absolute atomic E-state index is 4.44. The fourth-order valence-corrected chi connectivity index (χ4v) is 3.30. The van der Waals surface area contributed by atoms with Crippen molar-refractivity contribution in [2.24, 2.45) is 17.3 Å². The predicted octanol–water partition coefficient (Wildman–Crippen LogP) is 4.55. The average Bonchev–Trinajstić information content (AvgIpc) is 2.25. The summed E-state index contributed by atoms with van der Waals surface area (Å²) in [6.07, 6.45) is 6.92. The second kappa shape index (κ2) is 4.92. The summed E-state index contributed by atoms with van der Waals surface area (Å²) in [5.74, 6) is 1.87. The Labute approximate surface area is 95.3 Å².